The molecular weight excluding hydrogens is 248 g/mol. The molecule has 0 saturated carbocycles. The average molecular weight is 266 g/mol. The van der Waals surface area contributed by atoms with E-state index in [-0.39, 0.29) is 18.1 Å². The molecule has 2 unspecified atom stereocenters. The number of benzene rings is 2. The molecule has 1 aliphatic heterocycles. The molecule has 2 aromatic rings. The molecule has 1 aliphatic rings. The third kappa shape index (κ3) is 2.67. The van der Waals surface area contributed by atoms with Crippen molar-refractivity contribution in [1.29, 1.82) is 0 Å². The Hall–Kier alpha value is -2.29. The van der Waals surface area contributed by atoms with Crippen LogP contribution >= 0.6 is 0 Å². The van der Waals surface area contributed by atoms with Crippen LogP contribution in [0, 0.1) is 6.92 Å². The van der Waals surface area contributed by atoms with E-state index in [2.05, 4.69) is 54.0 Å². The Morgan fingerprint density at radius 2 is 1.40 bits per heavy atom. The van der Waals surface area contributed by atoms with Crippen molar-refractivity contribution in [2.75, 3.05) is 0 Å². The van der Waals surface area contributed by atoms with Gasteiger partial charge in [0.15, 0.2) is 0 Å². The van der Waals surface area contributed by atoms with Gasteiger partial charge in [-0.05, 0) is 24.5 Å². The van der Waals surface area contributed by atoms with E-state index in [1.807, 2.05) is 18.2 Å². The molecule has 2 aromatic carbocycles. The minimum absolute atomic E-state index is 0.0644. The van der Waals surface area contributed by atoms with Crippen LogP contribution < -0.4 is 10.6 Å². The van der Waals surface area contributed by atoms with Gasteiger partial charge in [-0.3, -0.25) is 0 Å². The van der Waals surface area contributed by atoms with Crippen LogP contribution in [0.1, 0.15) is 35.2 Å². The summed E-state index contributed by atoms with van der Waals surface area (Å²) >= 11 is 0. The van der Waals surface area contributed by atoms with Crippen molar-refractivity contribution in [2.24, 2.45) is 0 Å². The molecule has 0 bridgehead atoms. The highest BCUT2D eigenvalue weighted by Crippen LogP contribution is 2.29. The first-order valence-corrected chi connectivity index (χ1v) is 6.91. The van der Waals surface area contributed by atoms with E-state index in [0.29, 0.717) is 0 Å². The van der Waals surface area contributed by atoms with Gasteiger partial charge >= 0.3 is 6.03 Å². The number of amides is 2. The number of carbonyl (C=O) groups excluding carboxylic acids is 1. The minimum Gasteiger partial charge on any atom is -0.331 e. The van der Waals surface area contributed by atoms with Crippen LogP contribution in [0.3, 0.4) is 0 Å². The first kappa shape index (κ1) is 12.7. The molecule has 3 rings (SSSR count). The zero-order valence-electron chi connectivity index (χ0n) is 11.5. The Morgan fingerprint density at radius 3 is 2.00 bits per heavy atom. The topological polar surface area (TPSA) is 41.1 Å². The van der Waals surface area contributed by atoms with Gasteiger partial charge in [0.1, 0.15) is 0 Å². The SMILES string of the molecule is Cc1ccc(C2CC(c3ccccc3)NC(=O)N2)cc1. The number of rotatable bonds is 2. The Labute approximate surface area is 119 Å². The molecule has 2 atom stereocenters. The molecule has 2 amide bonds. The first-order chi connectivity index (χ1) is 9.72. The van der Waals surface area contributed by atoms with Crippen LogP contribution in [-0.4, -0.2) is 6.03 Å². The lowest BCUT2D eigenvalue weighted by atomic mass is 9.93. The van der Waals surface area contributed by atoms with E-state index >= 15 is 0 Å². The summed E-state index contributed by atoms with van der Waals surface area (Å²) in [4.78, 5) is 11.9. The van der Waals surface area contributed by atoms with Crippen molar-refractivity contribution in [3.63, 3.8) is 0 Å². The summed E-state index contributed by atoms with van der Waals surface area (Å²) in [5, 5.41) is 6.00. The van der Waals surface area contributed by atoms with Crippen LogP contribution in [0.15, 0.2) is 54.6 Å². The number of hydrogen-bond acceptors (Lipinski definition) is 1. The molecule has 20 heavy (non-hydrogen) atoms. The quantitative estimate of drug-likeness (QED) is 0.858. The third-order valence-corrected chi connectivity index (χ3v) is 3.76. The van der Waals surface area contributed by atoms with Crippen molar-refractivity contribution in [2.45, 2.75) is 25.4 Å². The molecule has 102 valence electrons. The highest BCUT2D eigenvalue weighted by atomic mass is 16.2. The maximum absolute atomic E-state index is 11.9. The molecule has 3 nitrogen and oxygen atoms in total. The molecule has 3 heteroatoms. The van der Waals surface area contributed by atoms with Gasteiger partial charge in [-0.2, -0.15) is 0 Å². The van der Waals surface area contributed by atoms with Crippen molar-refractivity contribution < 1.29 is 4.79 Å². The van der Waals surface area contributed by atoms with E-state index in [0.717, 1.165) is 17.5 Å². The number of aryl methyl sites for hydroxylation is 1. The Balaban J connectivity index is 1.83. The van der Waals surface area contributed by atoms with Gasteiger partial charge < -0.3 is 10.6 Å². The predicted octanol–water partition coefficient (Wildman–Crippen LogP) is 3.48. The van der Waals surface area contributed by atoms with Crippen molar-refractivity contribution in [3.05, 3.63) is 71.3 Å². The molecule has 0 aromatic heterocycles. The van der Waals surface area contributed by atoms with Crippen LogP contribution in [0.5, 0.6) is 0 Å². The second-order valence-electron chi connectivity index (χ2n) is 5.28. The highest BCUT2D eigenvalue weighted by Gasteiger charge is 2.27. The number of carbonyl (C=O) groups is 1. The van der Waals surface area contributed by atoms with Crippen LogP contribution in [-0.2, 0) is 0 Å². The monoisotopic (exact) mass is 266 g/mol. The second kappa shape index (κ2) is 5.37. The summed E-state index contributed by atoms with van der Waals surface area (Å²) < 4.78 is 0. The fourth-order valence-electron chi connectivity index (χ4n) is 2.63. The van der Waals surface area contributed by atoms with Crippen LogP contribution in [0.25, 0.3) is 0 Å². The van der Waals surface area contributed by atoms with Gasteiger partial charge in [0.05, 0.1) is 12.1 Å². The smallest absolute Gasteiger partial charge is 0.315 e. The van der Waals surface area contributed by atoms with Gasteiger partial charge in [0.25, 0.3) is 0 Å². The summed E-state index contributed by atoms with van der Waals surface area (Å²) in [6, 6.07) is 18.5. The molecule has 0 aliphatic carbocycles. The molecular formula is C17H18N2O. The summed E-state index contributed by atoms with van der Waals surface area (Å²) in [6.45, 7) is 2.07. The second-order valence-corrected chi connectivity index (χ2v) is 5.28. The van der Waals surface area contributed by atoms with Crippen LogP contribution in [0.4, 0.5) is 4.79 Å². The normalized spacial score (nSPS) is 21.9. The van der Waals surface area contributed by atoms with Gasteiger partial charge in [-0.15, -0.1) is 0 Å². The van der Waals surface area contributed by atoms with E-state index in [9.17, 15) is 4.79 Å². The lowest BCUT2D eigenvalue weighted by Gasteiger charge is -2.31. The van der Waals surface area contributed by atoms with E-state index in [1.54, 1.807) is 0 Å². The summed E-state index contributed by atoms with van der Waals surface area (Å²) in [7, 11) is 0. The Bertz CT molecular complexity index is 592. The molecule has 0 spiro atoms. The molecule has 0 radical (unpaired) electrons. The lowest BCUT2D eigenvalue weighted by molar-refractivity contribution is 0.219. The predicted molar refractivity (Wildman–Crippen MR) is 79.4 cm³/mol. The highest BCUT2D eigenvalue weighted by molar-refractivity contribution is 5.76. The molecule has 1 saturated heterocycles. The summed E-state index contributed by atoms with van der Waals surface area (Å²) in [5.41, 5.74) is 3.54. The standard InChI is InChI=1S/C17H18N2O/c1-12-7-9-14(10-8-12)16-11-15(18-17(20)19-16)13-5-3-2-4-6-13/h2-10,15-16H,11H2,1H3,(H2,18,19,20). The molecule has 2 N–H and O–H groups in total. The van der Waals surface area contributed by atoms with E-state index < -0.39 is 0 Å². The van der Waals surface area contributed by atoms with E-state index in [4.69, 9.17) is 0 Å². The Morgan fingerprint density at radius 1 is 0.850 bits per heavy atom. The fourth-order valence-corrected chi connectivity index (χ4v) is 2.63. The average Bonchev–Trinajstić information content (AvgIpc) is 2.48. The maximum Gasteiger partial charge on any atom is 0.315 e. The summed E-state index contributed by atoms with van der Waals surface area (Å²) in [5.74, 6) is 0. The zero-order chi connectivity index (χ0) is 13.9. The largest absolute Gasteiger partial charge is 0.331 e. The first-order valence-electron chi connectivity index (χ1n) is 6.91. The van der Waals surface area contributed by atoms with Gasteiger partial charge in [0.2, 0.25) is 0 Å². The van der Waals surface area contributed by atoms with Crippen molar-refractivity contribution in [1.82, 2.24) is 10.6 Å². The maximum atomic E-state index is 11.9. The third-order valence-electron chi connectivity index (χ3n) is 3.76. The van der Waals surface area contributed by atoms with Gasteiger partial charge in [-0.1, -0.05) is 60.2 Å². The van der Waals surface area contributed by atoms with Gasteiger partial charge in [-0.25, -0.2) is 4.79 Å². The lowest BCUT2D eigenvalue weighted by Crippen LogP contribution is -2.46. The number of nitrogens with one attached hydrogen (secondary N) is 2. The van der Waals surface area contributed by atoms with Crippen LogP contribution in [0.2, 0.25) is 0 Å². The fraction of sp³-hybridized carbons (Fsp3) is 0.235. The molecule has 1 fully saturated rings. The van der Waals surface area contributed by atoms with Crippen molar-refractivity contribution >= 4 is 6.03 Å². The summed E-state index contributed by atoms with van der Waals surface area (Å²) in [6.07, 6.45) is 0.860. The zero-order valence-corrected chi connectivity index (χ0v) is 11.5. The molecule has 1 heterocycles. The number of urea groups is 1. The van der Waals surface area contributed by atoms with Gasteiger partial charge in [0, 0.05) is 0 Å². The van der Waals surface area contributed by atoms with Crippen molar-refractivity contribution in [3.8, 4) is 0 Å². The van der Waals surface area contributed by atoms with E-state index in [1.165, 1.54) is 5.56 Å². The Kier molecular flexibility index (Phi) is 3.42. The number of hydrogen-bond donors (Lipinski definition) is 2. The minimum atomic E-state index is -0.101.